The molecule has 1 heterocycles. The number of hydrogen-bond donors (Lipinski definition) is 1. The van der Waals surface area contributed by atoms with E-state index in [4.69, 9.17) is 12.2 Å². The Kier molecular flexibility index (Phi) is 2.15. The van der Waals surface area contributed by atoms with Crippen molar-refractivity contribution in [3.8, 4) is 0 Å². The van der Waals surface area contributed by atoms with Gasteiger partial charge in [0.2, 0.25) is 5.91 Å². The second-order valence-electron chi connectivity index (χ2n) is 4.43. The van der Waals surface area contributed by atoms with Crippen molar-refractivity contribution >= 4 is 23.1 Å². The van der Waals surface area contributed by atoms with Crippen molar-refractivity contribution in [3.63, 3.8) is 0 Å². The predicted octanol–water partition coefficient (Wildman–Crippen LogP) is 1.28. The molecule has 1 aliphatic rings. The molecule has 1 N–H and O–H groups in total. The minimum atomic E-state index is -0.370. The Morgan fingerprint density at radius 2 is 1.85 bits per heavy atom. The van der Waals surface area contributed by atoms with Gasteiger partial charge < -0.3 is 10.2 Å². The van der Waals surface area contributed by atoms with Crippen LogP contribution in [-0.2, 0) is 4.79 Å². The molecule has 0 bridgehead atoms. The Bertz CT molecular complexity index is 271. The Morgan fingerprint density at radius 3 is 2.00 bits per heavy atom. The highest BCUT2D eigenvalue weighted by Crippen LogP contribution is 2.31. The normalized spacial score (nSPS) is 24.4. The molecule has 1 fully saturated rings. The first-order valence-electron chi connectivity index (χ1n) is 4.33. The molecule has 0 aromatic rings. The van der Waals surface area contributed by atoms with Crippen LogP contribution in [0.3, 0.4) is 0 Å². The lowest BCUT2D eigenvalue weighted by molar-refractivity contribution is -0.136. The topological polar surface area (TPSA) is 32.3 Å². The summed E-state index contributed by atoms with van der Waals surface area (Å²) in [6, 6.07) is 0. The quantitative estimate of drug-likeness (QED) is 0.598. The number of hydrogen-bond acceptors (Lipinski definition) is 2. The summed E-state index contributed by atoms with van der Waals surface area (Å²) in [5.74, 6) is 0.0438. The summed E-state index contributed by atoms with van der Waals surface area (Å²) in [5.41, 5.74) is -0.739. The minimum Gasteiger partial charge on any atom is -0.356 e. The lowest BCUT2D eigenvalue weighted by Gasteiger charge is -2.37. The number of nitrogens with one attached hydrogen (secondary N) is 1. The van der Waals surface area contributed by atoms with E-state index in [2.05, 4.69) is 5.32 Å². The largest absolute Gasteiger partial charge is 0.356 e. The Hall–Kier alpha value is -0.640. The van der Waals surface area contributed by atoms with Crippen molar-refractivity contribution in [1.82, 2.24) is 10.2 Å². The van der Waals surface area contributed by atoms with E-state index in [0.717, 1.165) is 4.99 Å². The van der Waals surface area contributed by atoms with E-state index in [1.54, 1.807) is 11.8 Å². The Balaban J connectivity index is 3.14. The summed E-state index contributed by atoms with van der Waals surface area (Å²) in [6.07, 6.45) is 0. The molecule has 74 valence electrons. The fraction of sp³-hybridized carbons (Fsp3) is 0.778. The molecule has 1 rings (SSSR count). The molecule has 0 atom stereocenters. The molecule has 0 aromatic carbocycles. The van der Waals surface area contributed by atoms with Gasteiger partial charge in [0.05, 0.1) is 5.54 Å². The lowest BCUT2D eigenvalue weighted by atomic mass is 10.0. The molecule has 1 aliphatic heterocycles. The zero-order valence-electron chi connectivity index (χ0n) is 8.76. The molecule has 0 spiro atoms. The van der Waals surface area contributed by atoms with Crippen LogP contribution >= 0.6 is 12.2 Å². The first kappa shape index (κ1) is 10.4. The van der Waals surface area contributed by atoms with Gasteiger partial charge >= 0.3 is 0 Å². The molecule has 13 heavy (non-hydrogen) atoms. The van der Waals surface area contributed by atoms with E-state index in [-0.39, 0.29) is 17.1 Å². The van der Waals surface area contributed by atoms with Gasteiger partial charge in [0, 0.05) is 6.92 Å². The number of thiocarbonyl (C=S) groups is 1. The highest BCUT2D eigenvalue weighted by atomic mass is 32.1. The fourth-order valence-corrected chi connectivity index (χ4v) is 2.42. The maximum absolute atomic E-state index is 11.4. The number of carbonyl (C=O) groups excluding carboxylic acids is 1. The maximum atomic E-state index is 11.4. The molecule has 3 nitrogen and oxygen atoms in total. The van der Waals surface area contributed by atoms with Gasteiger partial charge in [-0.2, -0.15) is 0 Å². The average Bonchev–Trinajstić information content (AvgIpc) is 1.96. The van der Waals surface area contributed by atoms with Crippen molar-refractivity contribution in [3.05, 3.63) is 0 Å². The van der Waals surface area contributed by atoms with Crippen molar-refractivity contribution in [2.24, 2.45) is 0 Å². The molecule has 1 saturated heterocycles. The minimum absolute atomic E-state index is 0.0438. The second kappa shape index (κ2) is 2.67. The number of carbonyl (C=O) groups is 1. The van der Waals surface area contributed by atoms with Gasteiger partial charge in [-0.15, -0.1) is 0 Å². The van der Waals surface area contributed by atoms with Gasteiger partial charge in [-0.05, 0) is 27.7 Å². The van der Waals surface area contributed by atoms with E-state index < -0.39 is 0 Å². The Morgan fingerprint density at radius 1 is 1.38 bits per heavy atom. The van der Waals surface area contributed by atoms with Crippen molar-refractivity contribution in [2.45, 2.75) is 45.8 Å². The SMILES string of the molecule is CC(=O)N1C(C)(C)NC(=S)C1(C)C. The van der Waals surface area contributed by atoms with Crippen molar-refractivity contribution < 1.29 is 4.79 Å². The van der Waals surface area contributed by atoms with Crippen LogP contribution in [0.5, 0.6) is 0 Å². The third kappa shape index (κ3) is 1.43. The predicted molar refractivity (Wildman–Crippen MR) is 56.4 cm³/mol. The summed E-state index contributed by atoms with van der Waals surface area (Å²) in [5, 5.41) is 3.15. The van der Waals surface area contributed by atoms with Gasteiger partial charge in [0.15, 0.2) is 0 Å². The highest BCUT2D eigenvalue weighted by molar-refractivity contribution is 7.80. The van der Waals surface area contributed by atoms with Crippen LogP contribution in [0.2, 0.25) is 0 Å². The molecule has 1 amide bonds. The molecule has 4 heteroatoms. The first-order chi connectivity index (χ1) is 5.69. The van der Waals surface area contributed by atoms with Crippen LogP contribution in [0.1, 0.15) is 34.6 Å². The summed E-state index contributed by atoms with van der Waals surface area (Å²) in [4.78, 5) is 14.0. The number of rotatable bonds is 0. The summed E-state index contributed by atoms with van der Waals surface area (Å²) in [7, 11) is 0. The van der Waals surface area contributed by atoms with Crippen LogP contribution < -0.4 is 5.32 Å². The lowest BCUT2D eigenvalue weighted by Crippen LogP contribution is -2.53. The zero-order chi connectivity index (χ0) is 10.4. The second-order valence-corrected chi connectivity index (χ2v) is 4.83. The molecule has 0 unspecified atom stereocenters. The fourth-order valence-electron chi connectivity index (χ4n) is 2.07. The summed E-state index contributed by atoms with van der Waals surface area (Å²) >= 11 is 5.20. The molecule has 0 aromatic heterocycles. The van der Waals surface area contributed by atoms with Gasteiger partial charge in [-0.25, -0.2) is 0 Å². The molecular formula is C9H16N2OS. The third-order valence-corrected chi connectivity index (χ3v) is 3.01. The van der Waals surface area contributed by atoms with Crippen LogP contribution in [0, 0.1) is 0 Å². The first-order valence-corrected chi connectivity index (χ1v) is 4.74. The van der Waals surface area contributed by atoms with E-state index in [1.807, 2.05) is 27.7 Å². The standard InChI is InChI=1S/C9H16N2OS/c1-6(12)11-8(2,3)7(13)10-9(11,4)5/h1-5H3,(H,10,13). The molecular weight excluding hydrogens is 184 g/mol. The van der Waals surface area contributed by atoms with Gasteiger partial charge in [-0.3, -0.25) is 4.79 Å². The van der Waals surface area contributed by atoms with E-state index in [0.29, 0.717) is 0 Å². The van der Waals surface area contributed by atoms with E-state index in [9.17, 15) is 4.79 Å². The van der Waals surface area contributed by atoms with Crippen molar-refractivity contribution in [2.75, 3.05) is 0 Å². The molecule has 0 radical (unpaired) electrons. The molecule has 0 saturated carbocycles. The van der Waals surface area contributed by atoms with Crippen LogP contribution in [0.15, 0.2) is 0 Å². The maximum Gasteiger partial charge on any atom is 0.222 e. The third-order valence-electron chi connectivity index (χ3n) is 2.41. The van der Waals surface area contributed by atoms with Crippen LogP contribution in [0.25, 0.3) is 0 Å². The average molecular weight is 200 g/mol. The van der Waals surface area contributed by atoms with Gasteiger partial charge in [0.25, 0.3) is 0 Å². The number of amides is 1. The highest BCUT2D eigenvalue weighted by Gasteiger charge is 2.49. The zero-order valence-corrected chi connectivity index (χ0v) is 9.58. The van der Waals surface area contributed by atoms with Crippen LogP contribution in [-0.4, -0.2) is 27.0 Å². The molecule has 0 aliphatic carbocycles. The Labute approximate surface area is 84.5 Å². The smallest absolute Gasteiger partial charge is 0.222 e. The van der Waals surface area contributed by atoms with E-state index >= 15 is 0 Å². The van der Waals surface area contributed by atoms with Gasteiger partial charge in [0.1, 0.15) is 10.7 Å². The monoisotopic (exact) mass is 200 g/mol. The van der Waals surface area contributed by atoms with Crippen molar-refractivity contribution in [1.29, 1.82) is 0 Å². The van der Waals surface area contributed by atoms with E-state index in [1.165, 1.54) is 0 Å². The van der Waals surface area contributed by atoms with Gasteiger partial charge in [-0.1, -0.05) is 12.2 Å². The van der Waals surface area contributed by atoms with Crippen LogP contribution in [0.4, 0.5) is 0 Å². The summed E-state index contributed by atoms with van der Waals surface area (Å²) in [6.45, 7) is 9.39. The summed E-state index contributed by atoms with van der Waals surface area (Å²) < 4.78 is 0. The number of nitrogens with zero attached hydrogens (tertiary/aromatic N) is 1.